The van der Waals surface area contributed by atoms with Crippen molar-refractivity contribution in [2.75, 3.05) is 0 Å². The van der Waals surface area contributed by atoms with E-state index in [2.05, 4.69) is 16.9 Å². The first-order valence-electron chi connectivity index (χ1n) is 10.1. The zero-order valence-corrected chi connectivity index (χ0v) is 18.1. The smallest absolute Gasteiger partial charge is 0.316 e. The van der Waals surface area contributed by atoms with Gasteiger partial charge in [-0.3, -0.25) is 9.59 Å². The van der Waals surface area contributed by atoms with Gasteiger partial charge in [-0.25, -0.2) is 4.98 Å². The Kier molecular flexibility index (Phi) is 5.07. The van der Waals surface area contributed by atoms with E-state index in [-0.39, 0.29) is 11.5 Å². The average molecular weight is 411 g/mol. The van der Waals surface area contributed by atoms with E-state index in [1.807, 2.05) is 44.2 Å². The summed E-state index contributed by atoms with van der Waals surface area (Å²) in [6.07, 6.45) is 2.39. The van der Waals surface area contributed by atoms with Crippen LogP contribution in [0.15, 0.2) is 35.1 Å². The standard InChI is InChI=1S/C23H26N2O3S/c1-13-10-11-16-17(12-13)29-21-18(16)20(26)24-19(25-21)14(2)28-22(27)23(3,4)15-8-6-5-7-9-15/h5-9,13-14H,10-12H2,1-4H3,(H,24,25,26)/t13-,14+/m0/s1. The highest BCUT2D eigenvalue weighted by Gasteiger charge is 2.33. The van der Waals surface area contributed by atoms with Crippen molar-refractivity contribution in [3.05, 3.63) is 62.5 Å². The number of fused-ring (bicyclic) bond motifs is 3. The van der Waals surface area contributed by atoms with E-state index in [9.17, 15) is 9.59 Å². The maximum atomic E-state index is 12.9. The number of ether oxygens (including phenoxy) is 1. The Balaban J connectivity index is 1.61. The minimum atomic E-state index is -0.794. The second-order valence-electron chi connectivity index (χ2n) is 8.52. The molecule has 3 aromatic rings. The molecule has 0 spiro atoms. The van der Waals surface area contributed by atoms with Crippen molar-refractivity contribution in [1.29, 1.82) is 0 Å². The largest absolute Gasteiger partial charge is 0.454 e. The van der Waals surface area contributed by atoms with Gasteiger partial charge in [-0.1, -0.05) is 37.3 Å². The number of nitrogens with zero attached hydrogens (tertiary/aromatic N) is 1. The van der Waals surface area contributed by atoms with Gasteiger partial charge in [0.05, 0.1) is 10.8 Å². The van der Waals surface area contributed by atoms with Gasteiger partial charge in [0.2, 0.25) is 0 Å². The van der Waals surface area contributed by atoms with Crippen LogP contribution in [0, 0.1) is 5.92 Å². The minimum absolute atomic E-state index is 0.137. The van der Waals surface area contributed by atoms with Crippen molar-refractivity contribution in [2.45, 2.75) is 58.5 Å². The number of H-pyrrole nitrogens is 1. The van der Waals surface area contributed by atoms with Crippen LogP contribution in [-0.4, -0.2) is 15.9 Å². The van der Waals surface area contributed by atoms with Crippen molar-refractivity contribution in [3.8, 4) is 0 Å². The molecule has 1 N–H and O–H groups in total. The lowest BCUT2D eigenvalue weighted by atomic mass is 9.85. The molecule has 1 aliphatic rings. The Morgan fingerprint density at radius 2 is 2.03 bits per heavy atom. The number of benzene rings is 1. The fraction of sp³-hybridized carbons (Fsp3) is 0.435. The van der Waals surface area contributed by atoms with E-state index in [0.29, 0.717) is 17.1 Å². The number of carbonyl (C=O) groups excluding carboxylic acids is 1. The summed E-state index contributed by atoms with van der Waals surface area (Å²) in [6, 6.07) is 9.55. The van der Waals surface area contributed by atoms with Gasteiger partial charge in [0.1, 0.15) is 4.83 Å². The number of aromatic amines is 1. The van der Waals surface area contributed by atoms with Crippen LogP contribution >= 0.6 is 11.3 Å². The lowest BCUT2D eigenvalue weighted by Crippen LogP contribution is -2.32. The Morgan fingerprint density at radius 1 is 1.31 bits per heavy atom. The Labute approximate surface area is 174 Å². The van der Waals surface area contributed by atoms with Crippen LogP contribution in [0.3, 0.4) is 0 Å². The summed E-state index contributed by atoms with van der Waals surface area (Å²) in [5, 5.41) is 0.712. The summed E-state index contributed by atoms with van der Waals surface area (Å²) < 4.78 is 5.71. The Hall–Kier alpha value is -2.47. The Morgan fingerprint density at radius 3 is 2.76 bits per heavy atom. The van der Waals surface area contributed by atoms with Gasteiger partial charge in [-0.15, -0.1) is 11.3 Å². The molecule has 2 atom stereocenters. The normalized spacial score (nSPS) is 17.7. The molecule has 4 rings (SSSR count). The van der Waals surface area contributed by atoms with Crippen molar-refractivity contribution >= 4 is 27.5 Å². The monoisotopic (exact) mass is 410 g/mol. The first-order valence-corrected chi connectivity index (χ1v) is 10.9. The molecule has 0 bridgehead atoms. The van der Waals surface area contributed by atoms with E-state index in [1.54, 1.807) is 18.3 Å². The van der Waals surface area contributed by atoms with Gasteiger partial charge in [0, 0.05) is 4.88 Å². The lowest BCUT2D eigenvalue weighted by Gasteiger charge is -2.25. The molecule has 2 aromatic heterocycles. The molecule has 0 saturated carbocycles. The summed E-state index contributed by atoms with van der Waals surface area (Å²) in [6.45, 7) is 7.67. The molecule has 0 saturated heterocycles. The predicted molar refractivity (Wildman–Crippen MR) is 115 cm³/mol. The first kappa shape index (κ1) is 19.8. The Bertz CT molecular complexity index is 1110. The SMILES string of the molecule is C[C@H]1CCc2c(sc3nc([C@@H](C)OC(=O)C(C)(C)c4ccccc4)[nH]c(=O)c23)C1. The summed E-state index contributed by atoms with van der Waals surface area (Å²) in [5.74, 6) is 0.679. The summed E-state index contributed by atoms with van der Waals surface area (Å²) in [5.41, 5.74) is 1.10. The molecule has 2 heterocycles. The van der Waals surface area contributed by atoms with Gasteiger partial charge >= 0.3 is 5.97 Å². The van der Waals surface area contributed by atoms with E-state index in [4.69, 9.17) is 4.74 Å². The van der Waals surface area contributed by atoms with Gasteiger partial charge in [-0.2, -0.15) is 0 Å². The van der Waals surface area contributed by atoms with Crippen molar-refractivity contribution in [1.82, 2.24) is 9.97 Å². The van der Waals surface area contributed by atoms with Crippen LogP contribution in [0.1, 0.15) is 62.0 Å². The fourth-order valence-electron chi connectivity index (χ4n) is 3.89. The van der Waals surface area contributed by atoms with Crippen LogP contribution in [0.25, 0.3) is 10.2 Å². The van der Waals surface area contributed by atoms with Crippen LogP contribution in [0.4, 0.5) is 0 Å². The van der Waals surface area contributed by atoms with Crippen molar-refractivity contribution < 1.29 is 9.53 Å². The third kappa shape index (κ3) is 3.62. The van der Waals surface area contributed by atoms with Crippen molar-refractivity contribution in [2.24, 2.45) is 5.92 Å². The zero-order chi connectivity index (χ0) is 20.8. The second kappa shape index (κ2) is 7.41. The number of aromatic nitrogens is 2. The lowest BCUT2D eigenvalue weighted by molar-refractivity contribution is -0.154. The molecule has 0 fully saturated rings. The number of esters is 1. The van der Waals surface area contributed by atoms with Crippen LogP contribution in [0.5, 0.6) is 0 Å². The number of thiophene rings is 1. The summed E-state index contributed by atoms with van der Waals surface area (Å²) in [4.78, 5) is 35.2. The quantitative estimate of drug-likeness (QED) is 0.633. The van der Waals surface area contributed by atoms with E-state index in [1.165, 1.54) is 4.88 Å². The number of nitrogens with one attached hydrogen (secondary N) is 1. The third-order valence-corrected chi connectivity index (χ3v) is 7.01. The maximum absolute atomic E-state index is 12.9. The molecule has 0 radical (unpaired) electrons. The minimum Gasteiger partial charge on any atom is -0.454 e. The molecule has 152 valence electrons. The number of hydrogen-bond acceptors (Lipinski definition) is 5. The molecule has 1 aromatic carbocycles. The summed E-state index contributed by atoms with van der Waals surface area (Å²) in [7, 11) is 0. The maximum Gasteiger partial charge on any atom is 0.316 e. The molecule has 1 aliphatic carbocycles. The molecular formula is C23H26N2O3S. The molecule has 0 unspecified atom stereocenters. The van der Waals surface area contributed by atoms with E-state index >= 15 is 0 Å². The fourth-order valence-corrected chi connectivity index (χ4v) is 5.28. The van der Waals surface area contributed by atoms with Gasteiger partial charge in [-0.05, 0) is 57.1 Å². The number of aryl methyl sites for hydroxylation is 1. The average Bonchev–Trinajstić information content (AvgIpc) is 3.06. The zero-order valence-electron chi connectivity index (χ0n) is 17.2. The molecule has 0 amide bonds. The third-order valence-electron chi connectivity index (χ3n) is 5.86. The van der Waals surface area contributed by atoms with Gasteiger partial charge < -0.3 is 9.72 Å². The van der Waals surface area contributed by atoms with E-state index in [0.717, 1.165) is 35.2 Å². The van der Waals surface area contributed by atoms with E-state index < -0.39 is 11.5 Å². The topological polar surface area (TPSA) is 72.0 Å². The molecule has 5 nitrogen and oxygen atoms in total. The number of rotatable bonds is 4. The highest BCUT2D eigenvalue weighted by molar-refractivity contribution is 7.18. The number of carbonyl (C=O) groups is 1. The van der Waals surface area contributed by atoms with Crippen molar-refractivity contribution in [3.63, 3.8) is 0 Å². The van der Waals surface area contributed by atoms with Crippen LogP contribution < -0.4 is 5.56 Å². The molecule has 0 aliphatic heterocycles. The van der Waals surface area contributed by atoms with Crippen LogP contribution in [-0.2, 0) is 27.8 Å². The second-order valence-corrected chi connectivity index (χ2v) is 9.61. The highest BCUT2D eigenvalue weighted by Crippen LogP contribution is 2.36. The van der Waals surface area contributed by atoms with Gasteiger partial charge in [0.25, 0.3) is 5.56 Å². The highest BCUT2D eigenvalue weighted by atomic mass is 32.1. The molecular weight excluding hydrogens is 384 g/mol. The number of hydrogen-bond donors (Lipinski definition) is 1. The molecule has 29 heavy (non-hydrogen) atoms. The summed E-state index contributed by atoms with van der Waals surface area (Å²) >= 11 is 1.60. The molecule has 6 heteroatoms. The first-order chi connectivity index (χ1) is 13.8. The van der Waals surface area contributed by atoms with Gasteiger partial charge in [0.15, 0.2) is 11.9 Å². The predicted octanol–water partition coefficient (Wildman–Crippen LogP) is 4.69. The van der Waals surface area contributed by atoms with Crippen LogP contribution in [0.2, 0.25) is 0 Å².